The van der Waals surface area contributed by atoms with Crippen LogP contribution in [0.25, 0.3) is 0 Å². The molecule has 3 atom stereocenters. The van der Waals surface area contributed by atoms with Crippen LogP contribution in [-0.2, 0) is 0 Å². The lowest BCUT2D eigenvalue weighted by atomic mass is 9.98. The molecule has 0 spiro atoms. The third-order valence-corrected chi connectivity index (χ3v) is 4.51. The molecule has 0 amide bonds. The van der Waals surface area contributed by atoms with Crippen molar-refractivity contribution in [2.45, 2.75) is 38.8 Å². The van der Waals surface area contributed by atoms with E-state index in [-0.39, 0.29) is 0 Å². The Morgan fingerprint density at radius 3 is 2.23 bits per heavy atom. The molecule has 0 aromatic heterocycles. The molecule has 0 aliphatic carbocycles. The normalized spacial score (nSPS) is 19.5. The predicted molar refractivity (Wildman–Crippen MR) is 65.4 cm³/mol. The van der Waals surface area contributed by atoms with E-state index < -0.39 is 0 Å². The summed E-state index contributed by atoms with van der Waals surface area (Å²) in [6.45, 7) is 6.80. The molecule has 0 N–H and O–H groups in total. The average Bonchev–Trinajstić information content (AvgIpc) is 2.04. The van der Waals surface area contributed by atoms with E-state index in [0.717, 1.165) is 11.5 Å². The van der Waals surface area contributed by atoms with Gasteiger partial charge in [0.25, 0.3) is 0 Å². The molecule has 0 saturated heterocycles. The summed E-state index contributed by atoms with van der Waals surface area (Å²) in [6.07, 6.45) is 5.86. The van der Waals surface area contributed by atoms with Gasteiger partial charge < -0.3 is 4.90 Å². The third kappa shape index (κ3) is 5.27. The smallest absolute Gasteiger partial charge is 0.0118 e. The maximum Gasteiger partial charge on any atom is 0.0118 e. The summed E-state index contributed by atoms with van der Waals surface area (Å²) >= 11 is 0. The Kier molecular flexibility index (Phi) is 6.34. The van der Waals surface area contributed by atoms with Crippen molar-refractivity contribution in [2.24, 2.45) is 5.92 Å². The predicted octanol–water partition coefficient (Wildman–Crippen LogP) is 1.69. The Bertz CT molecular complexity index is 154. The molecule has 0 aromatic rings. The van der Waals surface area contributed by atoms with E-state index in [9.17, 15) is 0 Å². The highest BCUT2D eigenvalue weighted by Gasteiger charge is 2.14. The standard InChI is InChI=1S/C11H25NSi/c1-6-7-11(13)9(2)8-10(3)12(4)5/h6-7,9-11H,8H2,1-5,13H3. The SMILES string of the molecule is CC=CC([SiH3])C(C)CC(C)N(C)C. The lowest BCUT2D eigenvalue weighted by molar-refractivity contribution is 0.268. The third-order valence-electron chi connectivity index (χ3n) is 2.99. The number of allylic oxidation sites excluding steroid dienone is 2. The van der Waals surface area contributed by atoms with Gasteiger partial charge in [-0.05, 0) is 45.8 Å². The summed E-state index contributed by atoms with van der Waals surface area (Å²) in [5.74, 6) is 0.834. The Balaban J connectivity index is 3.91. The molecule has 3 unspecified atom stereocenters. The molecule has 0 fully saturated rings. The van der Waals surface area contributed by atoms with Crippen molar-refractivity contribution >= 4 is 10.2 Å². The molecular formula is C11H25NSi. The van der Waals surface area contributed by atoms with Crippen LogP contribution in [0.4, 0.5) is 0 Å². The first-order valence-electron chi connectivity index (χ1n) is 5.28. The topological polar surface area (TPSA) is 3.24 Å². The Labute approximate surface area is 86.6 Å². The van der Waals surface area contributed by atoms with Gasteiger partial charge in [-0.3, -0.25) is 0 Å². The molecule has 0 aromatic carbocycles. The fraction of sp³-hybridized carbons (Fsp3) is 0.818. The van der Waals surface area contributed by atoms with Crippen LogP contribution in [0.15, 0.2) is 12.2 Å². The van der Waals surface area contributed by atoms with E-state index in [2.05, 4.69) is 51.9 Å². The minimum Gasteiger partial charge on any atom is -0.307 e. The molecular weight excluding hydrogens is 174 g/mol. The zero-order valence-corrected chi connectivity index (χ0v) is 12.0. The summed E-state index contributed by atoms with van der Waals surface area (Å²) in [6, 6.07) is 0.705. The van der Waals surface area contributed by atoms with Crippen LogP contribution in [0, 0.1) is 5.92 Å². The van der Waals surface area contributed by atoms with Gasteiger partial charge in [-0.25, -0.2) is 0 Å². The Hall–Kier alpha value is -0.0831. The van der Waals surface area contributed by atoms with Crippen LogP contribution in [-0.4, -0.2) is 35.3 Å². The minimum absolute atomic E-state index is 0.705. The van der Waals surface area contributed by atoms with E-state index in [1.165, 1.54) is 16.7 Å². The van der Waals surface area contributed by atoms with Crippen LogP contribution in [0.1, 0.15) is 27.2 Å². The van der Waals surface area contributed by atoms with Gasteiger partial charge in [0.05, 0.1) is 0 Å². The first-order valence-corrected chi connectivity index (χ1v) is 6.43. The van der Waals surface area contributed by atoms with Gasteiger partial charge in [0, 0.05) is 16.3 Å². The van der Waals surface area contributed by atoms with Gasteiger partial charge >= 0.3 is 0 Å². The molecule has 0 aliphatic rings. The minimum atomic E-state index is 0.705. The largest absolute Gasteiger partial charge is 0.307 e. The molecule has 2 heteroatoms. The molecule has 1 nitrogen and oxygen atoms in total. The van der Waals surface area contributed by atoms with Crippen LogP contribution in [0.5, 0.6) is 0 Å². The second-order valence-corrected chi connectivity index (χ2v) is 5.74. The quantitative estimate of drug-likeness (QED) is 0.481. The zero-order chi connectivity index (χ0) is 10.4. The Morgan fingerprint density at radius 2 is 1.85 bits per heavy atom. The average molecular weight is 199 g/mol. The highest BCUT2D eigenvalue weighted by Crippen LogP contribution is 2.22. The van der Waals surface area contributed by atoms with Gasteiger partial charge in [-0.15, -0.1) is 0 Å². The van der Waals surface area contributed by atoms with E-state index in [0.29, 0.717) is 6.04 Å². The zero-order valence-electron chi connectivity index (χ0n) is 10.0. The fourth-order valence-corrected chi connectivity index (χ4v) is 2.11. The number of rotatable bonds is 5. The van der Waals surface area contributed by atoms with Gasteiger partial charge in [-0.2, -0.15) is 0 Å². The first kappa shape index (κ1) is 12.9. The number of hydrogen-bond acceptors (Lipinski definition) is 1. The molecule has 0 saturated carbocycles. The van der Waals surface area contributed by atoms with E-state index in [1.807, 2.05) is 0 Å². The number of hydrogen-bond donors (Lipinski definition) is 0. The van der Waals surface area contributed by atoms with Gasteiger partial charge in [0.1, 0.15) is 0 Å². The highest BCUT2D eigenvalue weighted by molar-refractivity contribution is 6.13. The van der Waals surface area contributed by atoms with E-state index >= 15 is 0 Å². The summed E-state index contributed by atoms with van der Waals surface area (Å²) in [4.78, 5) is 2.31. The van der Waals surface area contributed by atoms with Crippen molar-refractivity contribution in [3.05, 3.63) is 12.2 Å². The molecule has 0 radical (unpaired) electrons. The van der Waals surface area contributed by atoms with E-state index in [4.69, 9.17) is 0 Å². The molecule has 78 valence electrons. The van der Waals surface area contributed by atoms with E-state index in [1.54, 1.807) is 0 Å². The van der Waals surface area contributed by atoms with Gasteiger partial charge in [0.2, 0.25) is 0 Å². The summed E-state index contributed by atoms with van der Waals surface area (Å²) in [7, 11) is 5.60. The fourth-order valence-electron chi connectivity index (χ4n) is 1.46. The second kappa shape index (κ2) is 6.38. The second-order valence-electron chi connectivity index (χ2n) is 4.41. The summed E-state index contributed by atoms with van der Waals surface area (Å²) < 4.78 is 0. The van der Waals surface area contributed by atoms with Gasteiger partial charge in [0.15, 0.2) is 0 Å². The molecule has 0 rings (SSSR count). The lowest BCUT2D eigenvalue weighted by Gasteiger charge is -2.25. The lowest BCUT2D eigenvalue weighted by Crippen LogP contribution is -2.27. The highest BCUT2D eigenvalue weighted by atomic mass is 28.1. The summed E-state index contributed by atoms with van der Waals surface area (Å²) in [5, 5.41) is 0. The monoisotopic (exact) mass is 199 g/mol. The van der Waals surface area contributed by atoms with Gasteiger partial charge in [-0.1, -0.05) is 19.1 Å². The van der Waals surface area contributed by atoms with Crippen molar-refractivity contribution in [3.8, 4) is 0 Å². The van der Waals surface area contributed by atoms with Crippen LogP contribution >= 0.6 is 0 Å². The molecule has 0 aliphatic heterocycles. The first-order chi connectivity index (χ1) is 5.99. The van der Waals surface area contributed by atoms with Crippen molar-refractivity contribution in [1.82, 2.24) is 4.90 Å². The van der Waals surface area contributed by atoms with Crippen molar-refractivity contribution in [1.29, 1.82) is 0 Å². The molecule has 0 heterocycles. The van der Waals surface area contributed by atoms with Crippen LogP contribution in [0.3, 0.4) is 0 Å². The maximum atomic E-state index is 2.37. The summed E-state index contributed by atoms with van der Waals surface area (Å²) in [5.41, 5.74) is 0.840. The maximum absolute atomic E-state index is 2.37. The molecule has 13 heavy (non-hydrogen) atoms. The van der Waals surface area contributed by atoms with Crippen molar-refractivity contribution in [2.75, 3.05) is 14.1 Å². The van der Waals surface area contributed by atoms with Crippen LogP contribution in [0.2, 0.25) is 5.54 Å². The van der Waals surface area contributed by atoms with Crippen molar-refractivity contribution < 1.29 is 0 Å². The Morgan fingerprint density at radius 1 is 1.31 bits per heavy atom. The van der Waals surface area contributed by atoms with Crippen molar-refractivity contribution in [3.63, 3.8) is 0 Å². The number of nitrogens with zero attached hydrogens (tertiary/aromatic N) is 1. The molecule has 0 bridgehead atoms. The van der Waals surface area contributed by atoms with Crippen LogP contribution < -0.4 is 0 Å².